The molecule has 0 spiro atoms. The Kier molecular flexibility index (Phi) is 5.68. The Labute approximate surface area is 191 Å². The summed E-state index contributed by atoms with van der Waals surface area (Å²) >= 11 is 7.51. The van der Waals surface area contributed by atoms with E-state index < -0.39 is 10.0 Å². The van der Waals surface area contributed by atoms with Crippen molar-refractivity contribution in [1.29, 1.82) is 0 Å². The number of rotatable bonds is 6. The smallest absolute Gasteiger partial charge is 0.279 e. The highest BCUT2D eigenvalue weighted by molar-refractivity contribution is 7.88. The molecule has 2 saturated heterocycles. The van der Waals surface area contributed by atoms with Crippen molar-refractivity contribution in [2.45, 2.75) is 50.4 Å². The number of nitrogens with zero attached hydrogens (tertiary/aromatic N) is 2. The molecule has 2 aromatic carbocycles. The predicted molar refractivity (Wildman–Crippen MR) is 125 cm³/mol. The Hall–Kier alpha value is -1.71. The number of piperidine rings is 1. The maximum atomic E-state index is 12.0. The highest BCUT2D eigenvalue weighted by Gasteiger charge is 2.44. The molecule has 0 radical (unpaired) electrons. The summed E-state index contributed by atoms with van der Waals surface area (Å²) in [7, 11) is -3.11. The first-order valence-electron chi connectivity index (χ1n) is 10.4. The van der Waals surface area contributed by atoms with Gasteiger partial charge in [0.1, 0.15) is 5.75 Å². The fourth-order valence-electron chi connectivity index (χ4n) is 4.80. The monoisotopic (exact) mass is 477 g/mol. The molecule has 2 unspecified atom stereocenters. The van der Waals surface area contributed by atoms with Gasteiger partial charge in [-0.05, 0) is 61.6 Å². The van der Waals surface area contributed by atoms with Crippen LogP contribution in [0.1, 0.15) is 31.2 Å². The molecule has 3 heterocycles. The van der Waals surface area contributed by atoms with Gasteiger partial charge < -0.3 is 10.1 Å². The number of halogens is 1. The molecule has 1 N–H and O–H groups in total. The highest BCUT2D eigenvalue weighted by atomic mass is 35.5. The number of aromatic nitrogens is 1. The molecule has 0 amide bonds. The van der Waals surface area contributed by atoms with Crippen LogP contribution in [0.25, 0.3) is 10.2 Å². The number of fused-ring (bicyclic) bond motifs is 3. The largest absolute Gasteiger partial charge is 0.431 e. The molecule has 3 aromatic rings. The molecule has 31 heavy (non-hydrogen) atoms. The third kappa shape index (κ3) is 4.59. The van der Waals surface area contributed by atoms with Crippen LogP contribution in [0, 0.1) is 0 Å². The van der Waals surface area contributed by atoms with Gasteiger partial charge >= 0.3 is 0 Å². The van der Waals surface area contributed by atoms with Crippen molar-refractivity contribution in [3.63, 3.8) is 0 Å². The number of nitrogens with one attached hydrogen (secondary N) is 1. The van der Waals surface area contributed by atoms with Crippen LogP contribution in [0.15, 0.2) is 42.5 Å². The lowest BCUT2D eigenvalue weighted by molar-refractivity contribution is 0.207. The summed E-state index contributed by atoms with van der Waals surface area (Å²) in [5.74, 6) is 0.744. The molecule has 0 saturated carbocycles. The van der Waals surface area contributed by atoms with Crippen LogP contribution in [-0.2, 0) is 16.6 Å². The zero-order chi connectivity index (χ0) is 21.6. The lowest BCUT2D eigenvalue weighted by Gasteiger charge is -2.37. The maximum absolute atomic E-state index is 12.0. The van der Waals surface area contributed by atoms with Crippen molar-refractivity contribution in [2.75, 3.05) is 6.26 Å². The molecule has 0 aliphatic carbocycles. The van der Waals surface area contributed by atoms with E-state index in [0.717, 1.165) is 48.2 Å². The van der Waals surface area contributed by atoms with Gasteiger partial charge in [-0.1, -0.05) is 35.1 Å². The summed E-state index contributed by atoms with van der Waals surface area (Å²) in [4.78, 5) is 4.49. The molecule has 2 aliphatic rings. The predicted octanol–water partition coefficient (Wildman–Crippen LogP) is 4.79. The number of sulfonamides is 1. The van der Waals surface area contributed by atoms with E-state index in [4.69, 9.17) is 16.3 Å². The van der Waals surface area contributed by atoms with Crippen LogP contribution in [0.5, 0.6) is 10.9 Å². The summed E-state index contributed by atoms with van der Waals surface area (Å²) in [6, 6.07) is 14.2. The molecular formula is C22H24ClN3O3S2. The average Bonchev–Trinajstić information content (AvgIpc) is 3.24. The SMILES string of the molecule is CS(=O)(=O)N1C2CCC1CC(NCc1ccc(Oc3nc4ccc(Cl)cc4s3)cc1)C2. The van der Waals surface area contributed by atoms with Gasteiger partial charge in [-0.2, -0.15) is 4.31 Å². The Morgan fingerprint density at radius 3 is 2.55 bits per heavy atom. The minimum Gasteiger partial charge on any atom is -0.431 e. The molecule has 2 fully saturated rings. The third-order valence-electron chi connectivity index (χ3n) is 6.10. The zero-order valence-corrected chi connectivity index (χ0v) is 19.5. The number of hydrogen-bond acceptors (Lipinski definition) is 6. The van der Waals surface area contributed by atoms with E-state index in [9.17, 15) is 8.42 Å². The van der Waals surface area contributed by atoms with Crippen LogP contribution in [0.2, 0.25) is 5.02 Å². The Morgan fingerprint density at radius 1 is 1.16 bits per heavy atom. The molecule has 164 valence electrons. The molecule has 2 atom stereocenters. The van der Waals surface area contributed by atoms with E-state index in [0.29, 0.717) is 16.3 Å². The van der Waals surface area contributed by atoms with Crippen LogP contribution in [-0.4, -0.2) is 42.1 Å². The van der Waals surface area contributed by atoms with Crippen LogP contribution >= 0.6 is 22.9 Å². The Morgan fingerprint density at radius 2 is 1.87 bits per heavy atom. The summed E-state index contributed by atoms with van der Waals surface area (Å²) in [6.07, 6.45) is 5.04. The maximum Gasteiger partial charge on any atom is 0.279 e. The Bertz CT molecular complexity index is 1180. The van der Waals surface area contributed by atoms with Gasteiger partial charge in [0.05, 0.1) is 16.5 Å². The number of benzene rings is 2. The molecule has 1 aromatic heterocycles. The molecule has 2 aliphatic heterocycles. The highest BCUT2D eigenvalue weighted by Crippen LogP contribution is 2.37. The number of thiazole rings is 1. The van der Waals surface area contributed by atoms with E-state index in [1.165, 1.54) is 23.2 Å². The second-order valence-electron chi connectivity index (χ2n) is 8.36. The van der Waals surface area contributed by atoms with Gasteiger partial charge in [-0.25, -0.2) is 13.4 Å². The minimum absolute atomic E-state index is 0.144. The van der Waals surface area contributed by atoms with Gasteiger partial charge in [-0.3, -0.25) is 0 Å². The average molecular weight is 478 g/mol. The lowest BCUT2D eigenvalue weighted by atomic mass is 9.99. The van der Waals surface area contributed by atoms with Crippen molar-refractivity contribution in [3.8, 4) is 10.9 Å². The summed E-state index contributed by atoms with van der Waals surface area (Å²) < 4.78 is 32.7. The molecule has 2 bridgehead atoms. The van der Waals surface area contributed by atoms with Gasteiger partial charge in [-0.15, -0.1) is 0 Å². The van der Waals surface area contributed by atoms with Crippen molar-refractivity contribution in [1.82, 2.24) is 14.6 Å². The van der Waals surface area contributed by atoms with E-state index >= 15 is 0 Å². The number of ether oxygens (including phenoxy) is 1. The van der Waals surface area contributed by atoms with Crippen molar-refractivity contribution < 1.29 is 13.2 Å². The minimum atomic E-state index is -3.11. The zero-order valence-electron chi connectivity index (χ0n) is 17.1. The molecule has 9 heteroatoms. The van der Waals surface area contributed by atoms with E-state index in [-0.39, 0.29) is 12.1 Å². The summed E-state index contributed by atoms with van der Waals surface area (Å²) in [5.41, 5.74) is 2.04. The number of hydrogen-bond donors (Lipinski definition) is 1. The second-order valence-corrected chi connectivity index (χ2v) is 11.7. The quantitative estimate of drug-likeness (QED) is 0.552. The fourth-order valence-corrected chi connectivity index (χ4v) is 7.38. The first-order chi connectivity index (χ1) is 14.8. The third-order valence-corrected chi connectivity index (χ3v) is 8.60. The standard InChI is InChI=1S/C22H24ClN3O3S2/c1-31(27,28)26-17-5-6-18(26)12-16(11-17)24-13-14-2-7-19(8-3-14)29-22-25-20-9-4-15(23)10-21(20)30-22/h2-4,7-10,16-18,24H,5-6,11-13H2,1H3. The lowest BCUT2D eigenvalue weighted by Crippen LogP contribution is -2.50. The first-order valence-corrected chi connectivity index (χ1v) is 13.4. The normalized spacial score (nSPS) is 24.0. The van der Waals surface area contributed by atoms with Gasteiger partial charge in [0.2, 0.25) is 10.0 Å². The van der Waals surface area contributed by atoms with Crippen LogP contribution in [0.4, 0.5) is 0 Å². The van der Waals surface area contributed by atoms with Crippen molar-refractivity contribution in [2.24, 2.45) is 0 Å². The van der Waals surface area contributed by atoms with Crippen LogP contribution < -0.4 is 10.1 Å². The molecular weight excluding hydrogens is 454 g/mol. The van der Waals surface area contributed by atoms with Gasteiger partial charge in [0, 0.05) is 29.7 Å². The second kappa shape index (κ2) is 8.33. The van der Waals surface area contributed by atoms with Gasteiger partial charge in [0.15, 0.2) is 0 Å². The van der Waals surface area contributed by atoms with Crippen LogP contribution in [0.3, 0.4) is 0 Å². The van der Waals surface area contributed by atoms with Crippen molar-refractivity contribution in [3.05, 3.63) is 53.1 Å². The fraction of sp³-hybridized carbons (Fsp3) is 0.409. The summed E-state index contributed by atoms with van der Waals surface area (Å²) in [5, 5.41) is 4.90. The molecule has 5 rings (SSSR count). The van der Waals surface area contributed by atoms with Crippen molar-refractivity contribution >= 4 is 43.2 Å². The van der Waals surface area contributed by atoms with Gasteiger partial charge in [0.25, 0.3) is 5.19 Å². The Balaban J connectivity index is 1.17. The van der Waals surface area contributed by atoms with E-state index in [1.807, 2.05) is 42.5 Å². The molecule has 6 nitrogen and oxygen atoms in total. The van der Waals surface area contributed by atoms with E-state index in [2.05, 4.69) is 10.3 Å². The summed E-state index contributed by atoms with van der Waals surface area (Å²) in [6.45, 7) is 0.753. The van der Waals surface area contributed by atoms with E-state index in [1.54, 1.807) is 4.31 Å². The topological polar surface area (TPSA) is 71.5 Å². The first kappa shape index (κ1) is 21.2.